The van der Waals surface area contributed by atoms with E-state index in [0.717, 1.165) is 17.7 Å². The van der Waals surface area contributed by atoms with Crippen LogP contribution in [0.1, 0.15) is 64.0 Å². The zero-order valence-corrected chi connectivity index (χ0v) is 21.7. The van der Waals surface area contributed by atoms with E-state index in [4.69, 9.17) is 4.74 Å². The van der Waals surface area contributed by atoms with Crippen LogP contribution in [0.15, 0.2) is 54.6 Å². The summed E-state index contributed by atoms with van der Waals surface area (Å²) in [5, 5.41) is 5.78. The highest BCUT2D eigenvalue weighted by Gasteiger charge is 2.57. The van der Waals surface area contributed by atoms with E-state index in [-0.39, 0.29) is 23.7 Å². The summed E-state index contributed by atoms with van der Waals surface area (Å²) >= 11 is 0. The molecule has 2 N–H and O–H groups in total. The first-order valence-electron chi connectivity index (χ1n) is 12.8. The first-order valence-corrected chi connectivity index (χ1v) is 12.8. The normalized spacial score (nSPS) is 20.8. The van der Waals surface area contributed by atoms with Gasteiger partial charge in [-0.25, -0.2) is 4.79 Å². The number of ether oxygens (including phenoxy) is 1. The van der Waals surface area contributed by atoms with Crippen molar-refractivity contribution in [1.29, 1.82) is 0 Å². The SMILES string of the molecule is CCc1ccc(C2CC(C(=O)Nc3ccccc3)CN(C(=O)C3(OC(=O)NC(C)(C)C)CC3)C2)cc1. The summed E-state index contributed by atoms with van der Waals surface area (Å²) in [6.07, 6.45) is 2.00. The van der Waals surface area contributed by atoms with Crippen LogP contribution in [0, 0.1) is 5.92 Å². The predicted octanol–water partition coefficient (Wildman–Crippen LogP) is 4.88. The second kappa shape index (κ2) is 10.3. The number of benzene rings is 2. The summed E-state index contributed by atoms with van der Waals surface area (Å²) < 4.78 is 5.66. The fourth-order valence-corrected chi connectivity index (χ4v) is 4.76. The topological polar surface area (TPSA) is 87.7 Å². The molecule has 3 amide bonds. The number of anilines is 1. The fraction of sp³-hybridized carbons (Fsp3) is 0.483. The van der Waals surface area contributed by atoms with Crippen LogP contribution in [-0.4, -0.2) is 47.0 Å². The maximum atomic E-state index is 13.7. The minimum absolute atomic E-state index is 0.0133. The summed E-state index contributed by atoms with van der Waals surface area (Å²) in [5.74, 6) is -0.679. The van der Waals surface area contributed by atoms with Gasteiger partial charge in [-0.05, 0) is 56.9 Å². The second-order valence-corrected chi connectivity index (χ2v) is 11.0. The maximum Gasteiger partial charge on any atom is 0.408 e. The van der Waals surface area contributed by atoms with Gasteiger partial charge < -0.3 is 20.3 Å². The average Bonchev–Trinajstić information content (AvgIpc) is 3.63. The van der Waals surface area contributed by atoms with Gasteiger partial charge in [0.1, 0.15) is 0 Å². The number of aryl methyl sites for hydroxylation is 1. The third-order valence-electron chi connectivity index (χ3n) is 6.87. The Hall–Kier alpha value is -3.35. The minimum Gasteiger partial charge on any atom is -0.433 e. The number of hydrogen-bond acceptors (Lipinski definition) is 4. The van der Waals surface area contributed by atoms with Crippen molar-refractivity contribution in [1.82, 2.24) is 10.2 Å². The lowest BCUT2D eigenvalue weighted by atomic mass is 9.83. The molecule has 7 heteroatoms. The molecule has 192 valence electrons. The third-order valence-corrected chi connectivity index (χ3v) is 6.87. The Morgan fingerprint density at radius 1 is 1.00 bits per heavy atom. The van der Waals surface area contributed by atoms with E-state index in [1.54, 1.807) is 4.90 Å². The van der Waals surface area contributed by atoms with Crippen LogP contribution in [-0.2, 0) is 20.7 Å². The fourth-order valence-electron chi connectivity index (χ4n) is 4.76. The Morgan fingerprint density at radius 3 is 2.25 bits per heavy atom. The highest BCUT2D eigenvalue weighted by molar-refractivity contribution is 5.94. The highest BCUT2D eigenvalue weighted by Crippen LogP contribution is 2.43. The average molecular weight is 492 g/mol. The number of amides is 3. The van der Waals surface area contributed by atoms with Crippen molar-refractivity contribution in [2.24, 2.45) is 5.92 Å². The molecule has 0 spiro atoms. The minimum atomic E-state index is -1.14. The van der Waals surface area contributed by atoms with Crippen LogP contribution in [0.4, 0.5) is 10.5 Å². The number of para-hydroxylation sites is 1. The maximum absolute atomic E-state index is 13.7. The largest absolute Gasteiger partial charge is 0.433 e. The van der Waals surface area contributed by atoms with Crippen molar-refractivity contribution in [2.45, 2.75) is 70.4 Å². The van der Waals surface area contributed by atoms with E-state index < -0.39 is 17.2 Å². The molecule has 0 aromatic heterocycles. The molecule has 1 saturated carbocycles. The van der Waals surface area contributed by atoms with Gasteiger partial charge >= 0.3 is 6.09 Å². The Balaban J connectivity index is 1.53. The van der Waals surface area contributed by atoms with E-state index in [9.17, 15) is 14.4 Å². The van der Waals surface area contributed by atoms with Crippen molar-refractivity contribution in [3.63, 3.8) is 0 Å². The Morgan fingerprint density at radius 2 is 1.67 bits per heavy atom. The molecule has 1 saturated heterocycles. The van der Waals surface area contributed by atoms with Gasteiger partial charge in [-0.15, -0.1) is 0 Å². The zero-order chi connectivity index (χ0) is 25.9. The molecule has 7 nitrogen and oxygen atoms in total. The zero-order valence-electron chi connectivity index (χ0n) is 21.7. The summed E-state index contributed by atoms with van der Waals surface area (Å²) in [5.41, 5.74) is 1.49. The van der Waals surface area contributed by atoms with Gasteiger partial charge in [-0.1, -0.05) is 49.4 Å². The number of carbonyl (C=O) groups is 3. The van der Waals surface area contributed by atoms with E-state index in [2.05, 4.69) is 41.8 Å². The number of carbonyl (C=O) groups excluding carboxylic acids is 3. The van der Waals surface area contributed by atoms with E-state index in [1.165, 1.54) is 5.56 Å². The number of likely N-dealkylation sites (tertiary alicyclic amines) is 1. The Kier molecular flexibility index (Phi) is 7.38. The van der Waals surface area contributed by atoms with Gasteiger partial charge in [0.15, 0.2) is 5.60 Å². The molecule has 1 aliphatic heterocycles. The molecule has 2 aromatic carbocycles. The molecule has 1 aliphatic carbocycles. The Labute approximate surface area is 213 Å². The lowest BCUT2D eigenvalue weighted by molar-refractivity contribution is -0.146. The van der Waals surface area contributed by atoms with Crippen molar-refractivity contribution >= 4 is 23.6 Å². The van der Waals surface area contributed by atoms with Crippen molar-refractivity contribution in [2.75, 3.05) is 18.4 Å². The number of rotatable bonds is 6. The number of alkyl carbamates (subject to hydrolysis) is 1. The van der Waals surface area contributed by atoms with E-state index in [1.807, 2.05) is 51.1 Å². The number of piperidine rings is 1. The molecule has 2 aliphatic rings. The van der Waals surface area contributed by atoms with Crippen molar-refractivity contribution in [3.8, 4) is 0 Å². The van der Waals surface area contributed by atoms with Crippen molar-refractivity contribution in [3.05, 3.63) is 65.7 Å². The van der Waals surface area contributed by atoms with Crippen LogP contribution < -0.4 is 10.6 Å². The van der Waals surface area contributed by atoms with Gasteiger partial charge in [0.25, 0.3) is 5.91 Å². The van der Waals surface area contributed by atoms with Gasteiger partial charge in [-0.2, -0.15) is 0 Å². The molecule has 2 unspecified atom stereocenters. The van der Waals surface area contributed by atoms with Gasteiger partial charge in [0, 0.05) is 43.1 Å². The van der Waals surface area contributed by atoms with Gasteiger partial charge in [-0.3, -0.25) is 9.59 Å². The molecule has 2 atom stereocenters. The predicted molar refractivity (Wildman–Crippen MR) is 140 cm³/mol. The molecule has 0 bridgehead atoms. The molecule has 36 heavy (non-hydrogen) atoms. The lowest BCUT2D eigenvalue weighted by Crippen LogP contribution is -2.52. The van der Waals surface area contributed by atoms with Crippen LogP contribution in [0.5, 0.6) is 0 Å². The lowest BCUT2D eigenvalue weighted by Gasteiger charge is -2.39. The summed E-state index contributed by atoms with van der Waals surface area (Å²) in [4.78, 5) is 41.1. The second-order valence-electron chi connectivity index (χ2n) is 11.0. The van der Waals surface area contributed by atoms with Crippen LogP contribution >= 0.6 is 0 Å². The van der Waals surface area contributed by atoms with Gasteiger partial charge in [0.05, 0.1) is 5.92 Å². The molecule has 2 aromatic rings. The van der Waals surface area contributed by atoms with E-state index >= 15 is 0 Å². The van der Waals surface area contributed by atoms with Crippen molar-refractivity contribution < 1.29 is 19.1 Å². The first kappa shape index (κ1) is 25.7. The Bertz CT molecular complexity index is 1090. The highest BCUT2D eigenvalue weighted by atomic mass is 16.6. The summed E-state index contributed by atoms with van der Waals surface area (Å²) in [7, 11) is 0. The van der Waals surface area contributed by atoms with Gasteiger partial charge in [0.2, 0.25) is 5.91 Å². The van der Waals surface area contributed by atoms with Crippen LogP contribution in [0.2, 0.25) is 0 Å². The molecule has 4 rings (SSSR count). The van der Waals surface area contributed by atoms with Crippen LogP contribution in [0.25, 0.3) is 0 Å². The molecular formula is C29H37N3O4. The number of nitrogens with one attached hydrogen (secondary N) is 2. The van der Waals surface area contributed by atoms with E-state index in [0.29, 0.717) is 32.4 Å². The summed E-state index contributed by atoms with van der Waals surface area (Å²) in [6.45, 7) is 8.50. The number of nitrogens with zero attached hydrogens (tertiary/aromatic N) is 1. The smallest absolute Gasteiger partial charge is 0.408 e. The quantitative estimate of drug-likeness (QED) is 0.603. The van der Waals surface area contributed by atoms with Crippen LogP contribution in [0.3, 0.4) is 0 Å². The molecule has 1 heterocycles. The third kappa shape index (κ3) is 6.25. The molecule has 2 fully saturated rings. The first-order chi connectivity index (χ1) is 17.1. The summed E-state index contributed by atoms with van der Waals surface area (Å²) in [6, 6.07) is 17.8. The standard InChI is InChI=1S/C29H37N3O4/c1-5-20-11-13-21(14-12-20)22-17-23(25(33)30-24-9-7-6-8-10-24)19-32(18-22)26(34)29(15-16-29)36-27(35)31-28(2,3)4/h6-14,22-23H,5,15-19H2,1-4H3,(H,30,33)(H,31,35). The number of hydrogen-bond donors (Lipinski definition) is 2. The molecular weight excluding hydrogens is 454 g/mol. The molecule has 0 radical (unpaired) electrons. The monoisotopic (exact) mass is 491 g/mol.